The van der Waals surface area contributed by atoms with E-state index in [0.29, 0.717) is 0 Å². The summed E-state index contributed by atoms with van der Waals surface area (Å²) in [5.41, 5.74) is 1.85. The molecule has 154 valence electrons. The Labute approximate surface area is 172 Å². The molecule has 4 aliphatic heterocycles. The molecule has 4 heterocycles. The number of ether oxygens (including phenoxy) is 2. The summed E-state index contributed by atoms with van der Waals surface area (Å²) in [6.45, 7) is 2.17. The van der Waals surface area contributed by atoms with Gasteiger partial charge in [0.25, 0.3) is 0 Å². The van der Waals surface area contributed by atoms with Crippen LogP contribution in [0.2, 0.25) is 0 Å². The van der Waals surface area contributed by atoms with Crippen LogP contribution < -0.4 is 0 Å². The van der Waals surface area contributed by atoms with Crippen LogP contribution in [0.15, 0.2) is 35.5 Å². The van der Waals surface area contributed by atoms with Gasteiger partial charge in [-0.1, -0.05) is 56.8 Å². The molecule has 0 amide bonds. The molecular formula is C25H30O4. The van der Waals surface area contributed by atoms with Crippen LogP contribution in [0.5, 0.6) is 0 Å². The van der Waals surface area contributed by atoms with E-state index in [1.165, 1.54) is 30.4 Å². The monoisotopic (exact) mass is 394 g/mol. The van der Waals surface area contributed by atoms with E-state index in [0.717, 1.165) is 38.5 Å². The van der Waals surface area contributed by atoms with Crippen LogP contribution in [0.4, 0.5) is 0 Å². The van der Waals surface area contributed by atoms with Gasteiger partial charge < -0.3 is 9.47 Å². The number of fused-ring (bicyclic) bond motifs is 11. The minimum atomic E-state index is -0.722. The molecule has 4 nitrogen and oxygen atoms in total. The van der Waals surface area contributed by atoms with E-state index in [4.69, 9.17) is 9.47 Å². The molecule has 6 atom stereocenters. The molecule has 0 aromatic heterocycles. The van der Waals surface area contributed by atoms with Gasteiger partial charge in [0.2, 0.25) is 0 Å². The van der Waals surface area contributed by atoms with Crippen molar-refractivity contribution in [1.82, 2.24) is 0 Å². The quantitative estimate of drug-likeness (QED) is 0.672. The molecule has 1 spiro atoms. The maximum Gasteiger partial charge on any atom is 0.188 e. The number of hydrogen-bond acceptors (Lipinski definition) is 4. The van der Waals surface area contributed by atoms with E-state index in [1.807, 2.05) is 12.2 Å². The van der Waals surface area contributed by atoms with Crippen LogP contribution in [0, 0.1) is 17.3 Å². The van der Waals surface area contributed by atoms with Crippen molar-refractivity contribution in [2.75, 3.05) is 0 Å². The smallest absolute Gasteiger partial charge is 0.188 e. The second-order valence-corrected chi connectivity index (χ2v) is 10.00. The summed E-state index contributed by atoms with van der Waals surface area (Å²) in [4.78, 5) is 26.1. The summed E-state index contributed by atoms with van der Waals surface area (Å²) in [7, 11) is 0. The maximum absolute atomic E-state index is 13.3. The van der Waals surface area contributed by atoms with Crippen molar-refractivity contribution in [2.24, 2.45) is 17.3 Å². The molecule has 6 rings (SSSR count). The average Bonchev–Trinajstić information content (AvgIpc) is 3.26. The average molecular weight is 395 g/mol. The molecule has 6 aliphatic rings. The second-order valence-electron chi connectivity index (χ2n) is 10.00. The van der Waals surface area contributed by atoms with Crippen molar-refractivity contribution in [3.63, 3.8) is 0 Å². The zero-order valence-electron chi connectivity index (χ0n) is 17.2. The van der Waals surface area contributed by atoms with Gasteiger partial charge in [-0.3, -0.25) is 9.59 Å². The van der Waals surface area contributed by atoms with Crippen LogP contribution in [0.25, 0.3) is 0 Å². The molecule has 2 aliphatic carbocycles. The zero-order valence-corrected chi connectivity index (χ0v) is 17.2. The van der Waals surface area contributed by atoms with Gasteiger partial charge in [-0.25, -0.2) is 0 Å². The molecule has 1 saturated heterocycles. The first-order valence-electron chi connectivity index (χ1n) is 11.6. The predicted octanol–water partition coefficient (Wildman–Crippen LogP) is 4.24. The first-order chi connectivity index (χ1) is 14.1. The van der Waals surface area contributed by atoms with Crippen LogP contribution in [-0.4, -0.2) is 35.5 Å². The first-order valence-corrected chi connectivity index (χ1v) is 11.6. The molecule has 4 heteroatoms. The van der Waals surface area contributed by atoms with Crippen molar-refractivity contribution in [3.05, 3.63) is 35.5 Å². The Morgan fingerprint density at radius 2 is 1.93 bits per heavy atom. The molecule has 4 bridgehead atoms. The fourth-order valence-electron chi connectivity index (χ4n) is 7.54. The maximum atomic E-state index is 13.3. The molecule has 1 saturated carbocycles. The molecule has 29 heavy (non-hydrogen) atoms. The number of carbonyl (C=O) groups excluding carboxylic acids is 2. The van der Waals surface area contributed by atoms with Gasteiger partial charge in [0.05, 0.1) is 12.2 Å². The SMILES string of the molecule is CCCC[C@@]12O[C@@H](C=CC1=O)C1CC3=C(C12)C1(CCCCC1)[C@@H]1C=CC(=O)[C@H]3O1. The summed E-state index contributed by atoms with van der Waals surface area (Å²) in [6.07, 6.45) is 16.6. The molecule has 0 aromatic carbocycles. The van der Waals surface area contributed by atoms with Gasteiger partial charge in [0.15, 0.2) is 11.6 Å². The Hall–Kier alpha value is -1.52. The summed E-state index contributed by atoms with van der Waals surface area (Å²) >= 11 is 0. The lowest BCUT2D eigenvalue weighted by atomic mass is 9.57. The first kappa shape index (κ1) is 18.3. The van der Waals surface area contributed by atoms with Gasteiger partial charge >= 0.3 is 0 Å². The third kappa shape index (κ3) is 2.22. The Kier molecular flexibility index (Phi) is 3.93. The summed E-state index contributed by atoms with van der Waals surface area (Å²) in [5.74, 6) is 0.611. The van der Waals surface area contributed by atoms with E-state index in [-0.39, 0.29) is 41.0 Å². The number of ketones is 2. The number of hydrogen-bond donors (Lipinski definition) is 0. The number of carbonyl (C=O) groups is 2. The lowest BCUT2D eigenvalue weighted by molar-refractivity contribution is -0.146. The fourth-order valence-corrected chi connectivity index (χ4v) is 7.54. The highest BCUT2D eigenvalue weighted by molar-refractivity contribution is 6.00. The minimum absolute atomic E-state index is 0.0105. The van der Waals surface area contributed by atoms with Crippen molar-refractivity contribution in [1.29, 1.82) is 0 Å². The highest BCUT2D eigenvalue weighted by atomic mass is 16.5. The normalized spacial score (nSPS) is 43.8. The van der Waals surface area contributed by atoms with Crippen LogP contribution in [0.1, 0.15) is 64.7 Å². The zero-order chi connectivity index (χ0) is 19.8. The predicted molar refractivity (Wildman–Crippen MR) is 108 cm³/mol. The van der Waals surface area contributed by atoms with Crippen molar-refractivity contribution >= 4 is 11.6 Å². The van der Waals surface area contributed by atoms with Crippen LogP contribution in [-0.2, 0) is 19.1 Å². The third-order valence-corrected chi connectivity index (χ3v) is 8.69. The lowest BCUT2D eigenvalue weighted by Gasteiger charge is -2.52. The highest BCUT2D eigenvalue weighted by Crippen LogP contribution is 2.66. The van der Waals surface area contributed by atoms with Gasteiger partial charge in [-0.2, -0.15) is 0 Å². The standard InChI is InChI=1S/C25H30O4/c1-2-3-13-25-19(27)9-8-18(29-25)15-14-16-21(22(15)25)24(11-5-4-6-12-24)20-10-7-17(26)23(16)28-20/h7-10,15,18,20,22-23H,2-6,11-14H2,1H3/t15?,18-,20-,22?,23-,25+/m0/s1. The topological polar surface area (TPSA) is 52.6 Å². The van der Waals surface area contributed by atoms with Crippen molar-refractivity contribution in [2.45, 2.75) is 88.6 Å². The van der Waals surface area contributed by atoms with E-state index in [9.17, 15) is 9.59 Å². The van der Waals surface area contributed by atoms with E-state index < -0.39 is 11.7 Å². The Balaban J connectivity index is 1.54. The third-order valence-electron chi connectivity index (χ3n) is 8.69. The van der Waals surface area contributed by atoms with Gasteiger partial charge in [0, 0.05) is 17.3 Å². The van der Waals surface area contributed by atoms with Crippen molar-refractivity contribution < 1.29 is 19.1 Å². The summed E-state index contributed by atoms with van der Waals surface area (Å²) < 4.78 is 13.0. The number of unbranched alkanes of at least 4 members (excludes halogenated alkanes) is 1. The minimum Gasteiger partial charge on any atom is -0.359 e. The molecule has 2 fully saturated rings. The fraction of sp³-hybridized carbons (Fsp3) is 0.680. The molecular weight excluding hydrogens is 364 g/mol. The van der Waals surface area contributed by atoms with Gasteiger partial charge in [-0.15, -0.1) is 0 Å². The van der Waals surface area contributed by atoms with Crippen LogP contribution >= 0.6 is 0 Å². The Bertz CT molecular complexity index is 858. The second kappa shape index (κ2) is 6.24. The molecule has 0 aromatic rings. The molecule has 2 unspecified atom stereocenters. The summed E-state index contributed by atoms with van der Waals surface area (Å²) in [5, 5.41) is 0. The van der Waals surface area contributed by atoms with Crippen LogP contribution in [0.3, 0.4) is 0 Å². The molecule has 0 N–H and O–H groups in total. The Morgan fingerprint density at radius 3 is 2.72 bits per heavy atom. The van der Waals surface area contributed by atoms with E-state index >= 15 is 0 Å². The van der Waals surface area contributed by atoms with Crippen molar-refractivity contribution in [3.8, 4) is 0 Å². The largest absolute Gasteiger partial charge is 0.359 e. The summed E-state index contributed by atoms with van der Waals surface area (Å²) in [6, 6.07) is 0. The molecule has 0 radical (unpaired) electrons. The van der Waals surface area contributed by atoms with Gasteiger partial charge in [-0.05, 0) is 43.4 Å². The van der Waals surface area contributed by atoms with Gasteiger partial charge in [0.1, 0.15) is 11.7 Å². The number of rotatable bonds is 3. The van der Waals surface area contributed by atoms with E-state index in [1.54, 1.807) is 12.2 Å². The lowest BCUT2D eigenvalue weighted by Crippen LogP contribution is -2.54. The van der Waals surface area contributed by atoms with E-state index in [2.05, 4.69) is 6.92 Å². The highest BCUT2D eigenvalue weighted by Gasteiger charge is 2.68. The Morgan fingerprint density at radius 1 is 1.10 bits per heavy atom.